The number of hydrogen-bond acceptors (Lipinski definition) is 4. The van der Waals surface area contributed by atoms with Crippen LogP contribution in [0, 0.1) is 0 Å². The first-order valence-corrected chi connectivity index (χ1v) is 8.90. The minimum absolute atomic E-state index is 0.00228. The number of amides is 2. The SMILES string of the molecule is CCC1CCCCN1S(=O)(=O)c1ccc2c(c1)C(=O)NC2=O. The highest BCUT2D eigenvalue weighted by molar-refractivity contribution is 7.89. The Balaban J connectivity index is 2.01. The van der Waals surface area contributed by atoms with Crippen LogP contribution in [0.5, 0.6) is 0 Å². The Morgan fingerprint density at radius 3 is 2.64 bits per heavy atom. The van der Waals surface area contributed by atoms with Gasteiger partial charge in [-0.1, -0.05) is 13.3 Å². The summed E-state index contributed by atoms with van der Waals surface area (Å²) >= 11 is 0. The molecule has 2 heterocycles. The number of hydrogen-bond donors (Lipinski definition) is 1. The predicted octanol–water partition coefficient (Wildman–Crippen LogP) is 1.52. The average Bonchev–Trinajstić information content (AvgIpc) is 2.81. The largest absolute Gasteiger partial charge is 0.288 e. The maximum absolute atomic E-state index is 12.9. The van der Waals surface area contributed by atoms with Crippen LogP contribution < -0.4 is 5.32 Å². The fraction of sp³-hybridized carbons (Fsp3) is 0.467. The third kappa shape index (κ3) is 2.34. The van der Waals surface area contributed by atoms with E-state index >= 15 is 0 Å². The van der Waals surface area contributed by atoms with Gasteiger partial charge >= 0.3 is 0 Å². The van der Waals surface area contributed by atoms with Gasteiger partial charge in [0.1, 0.15) is 0 Å². The van der Waals surface area contributed by atoms with Crippen molar-refractivity contribution >= 4 is 21.8 Å². The third-order valence-electron chi connectivity index (χ3n) is 4.36. The zero-order valence-electron chi connectivity index (χ0n) is 12.3. The fourth-order valence-electron chi connectivity index (χ4n) is 3.14. The van der Waals surface area contributed by atoms with Gasteiger partial charge in [-0.25, -0.2) is 8.42 Å². The molecule has 3 rings (SSSR count). The summed E-state index contributed by atoms with van der Waals surface area (Å²) in [5.74, 6) is -1.02. The molecular formula is C15H18N2O4S. The Labute approximate surface area is 129 Å². The Bertz CT molecular complexity index is 742. The molecule has 0 bridgehead atoms. The van der Waals surface area contributed by atoms with Crippen molar-refractivity contribution < 1.29 is 18.0 Å². The molecule has 1 aromatic rings. The van der Waals surface area contributed by atoms with Crippen LogP contribution in [-0.4, -0.2) is 37.1 Å². The number of nitrogens with one attached hydrogen (secondary N) is 1. The number of imide groups is 1. The van der Waals surface area contributed by atoms with Crippen LogP contribution in [0.4, 0.5) is 0 Å². The second-order valence-electron chi connectivity index (χ2n) is 5.66. The molecule has 0 aliphatic carbocycles. The van der Waals surface area contributed by atoms with E-state index in [1.165, 1.54) is 22.5 Å². The first-order valence-electron chi connectivity index (χ1n) is 7.46. The summed E-state index contributed by atoms with van der Waals surface area (Å²) < 4.78 is 27.2. The van der Waals surface area contributed by atoms with E-state index in [-0.39, 0.29) is 22.1 Å². The number of rotatable bonds is 3. The summed E-state index contributed by atoms with van der Waals surface area (Å²) in [7, 11) is -3.64. The summed E-state index contributed by atoms with van der Waals surface area (Å²) in [5, 5.41) is 2.17. The zero-order valence-corrected chi connectivity index (χ0v) is 13.1. The fourth-order valence-corrected chi connectivity index (χ4v) is 4.94. The van der Waals surface area contributed by atoms with Gasteiger partial charge in [0, 0.05) is 12.6 Å². The van der Waals surface area contributed by atoms with Crippen molar-refractivity contribution in [1.82, 2.24) is 9.62 Å². The molecule has 118 valence electrons. The summed E-state index contributed by atoms with van der Waals surface area (Å²) in [6, 6.07) is 4.13. The van der Waals surface area contributed by atoms with Gasteiger partial charge in [0.15, 0.2) is 0 Å². The van der Waals surface area contributed by atoms with Crippen LogP contribution in [0.1, 0.15) is 53.3 Å². The highest BCUT2D eigenvalue weighted by Gasteiger charge is 2.34. The number of benzene rings is 1. The van der Waals surface area contributed by atoms with Crippen LogP contribution in [0.3, 0.4) is 0 Å². The zero-order chi connectivity index (χ0) is 15.9. The van der Waals surface area contributed by atoms with Crippen LogP contribution in [-0.2, 0) is 10.0 Å². The van der Waals surface area contributed by atoms with Crippen molar-refractivity contribution in [2.24, 2.45) is 0 Å². The minimum Gasteiger partial charge on any atom is -0.288 e. The van der Waals surface area contributed by atoms with Crippen LogP contribution in [0.15, 0.2) is 23.1 Å². The van der Waals surface area contributed by atoms with Crippen molar-refractivity contribution in [1.29, 1.82) is 0 Å². The van der Waals surface area contributed by atoms with E-state index in [9.17, 15) is 18.0 Å². The van der Waals surface area contributed by atoms with Gasteiger partial charge in [-0.05, 0) is 37.5 Å². The van der Waals surface area contributed by atoms with Gasteiger partial charge < -0.3 is 0 Å². The third-order valence-corrected chi connectivity index (χ3v) is 6.31. The first-order chi connectivity index (χ1) is 10.4. The van der Waals surface area contributed by atoms with E-state index < -0.39 is 21.8 Å². The second kappa shape index (κ2) is 5.48. The Morgan fingerprint density at radius 2 is 1.91 bits per heavy atom. The Hall–Kier alpha value is -1.73. The van der Waals surface area contributed by atoms with Gasteiger partial charge in [-0.15, -0.1) is 0 Å². The molecule has 0 aromatic heterocycles. The van der Waals surface area contributed by atoms with E-state index in [0.717, 1.165) is 25.7 Å². The average molecular weight is 322 g/mol. The topological polar surface area (TPSA) is 83.6 Å². The molecule has 7 heteroatoms. The smallest absolute Gasteiger partial charge is 0.258 e. The van der Waals surface area contributed by atoms with E-state index in [0.29, 0.717) is 6.54 Å². The van der Waals surface area contributed by atoms with Crippen LogP contribution in [0.25, 0.3) is 0 Å². The minimum atomic E-state index is -3.64. The van der Waals surface area contributed by atoms with Gasteiger partial charge in [0.2, 0.25) is 10.0 Å². The lowest BCUT2D eigenvalue weighted by atomic mass is 10.0. The normalized spacial score (nSPS) is 22.5. The van der Waals surface area contributed by atoms with E-state index in [1.54, 1.807) is 0 Å². The molecular weight excluding hydrogens is 304 g/mol. The van der Waals surface area contributed by atoms with Gasteiger partial charge in [-0.2, -0.15) is 4.31 Å². The molecule has 1 aromatic carbocycles. The molecule has 22 heavy (non-hydrogen) atoms. The number of sulfonamides is 1. The summed E-state index contributed by atoms with van der Waals surface area (Å²) in [6.07, 6.45) is 3.51. The number of piperidine rings is 1. The molecule has 0 spiro atoms. The number of carbonyl (C=O) groups excluding carboxylic acids is 2. The Kier molecular flexibility index (Phi) is 3.78. The monoisotopic (exact) mass is 322 g/mol. The van der Waals surface area contributed by atoms with Crippen molar-refractivity contribution in [2.45, 2.75) is 43.5 Å². The van der Waals surface area contributed by atoms with E-state index in [4.69, 9.17) is 0 Å². The standard InChI is InChI=1S/C15H18N2O4S/c1-2-10-5-3-4-8-17(10)22(20,21)11-6-7-12-13(9-11)15(19)16-14(12)18/h6-7,9-10H,2-5,8H2,1H3,(H,16,18,19). The van der Waals surface area contributed by atoms with E-state index in [1.807, 2.05) is 6.92 Å². The number of nitrogens with zero attached hydrogens (tertiary/aromatic N) is 1. The summed E-state index contributed by atoms with van der Waals surface area (Å²) in [5.41, 5.74) is 0.366. The molecule has 2 aliphatic rings. The molecule has 0 saturated carbocycles. The van der Waals surface area contributed by atoms with Gasteiger partial charge in [0.05, 0.1) is 16.0 Å². The van der Waals surface area contributed by atoms with Crippen LogP contribution in [0.2, 0.25) is 0 Å². The molecule has 1 N–H and O–H groups in total. The quantitative estimate of drug-likeness (QED) is 0.855. The lowest BCUT2D eigenvalue weighted by molar-refractivity contribution is 0.0879. The lowest BCUT2D eigenvalue weighted by Crippen LogP contribution is -2.43. The molecule has 2 aliphatic heterocycles. The highest BCUT2D eigenvalue weighted by atomic mass is 32.2. The highest BCUT2D eigenvalue weighted by Crippen LogP contribution is 2.28. The van der Waals surface area contributed by atoms with Gasteiger partial charge in [-0.3, -0.25) is 14.9 Å². The molecule has 1 atom stereocenters. The van der Waals surface area contributed by atoms with Crippen molar-refractivity contribution in [2.75, 3.05) is 6.54 Å². The first kappa shape index (κ1) is 15.2. The van der Waals surface area contributed by atoms with Crippen LogP contribution >= 0.6 is 0 Å². The molecule has 1 fully saturated rings. The lowest BCUT2D eigenvalue weighted by Gasteiger charge is -2.34. The predicted molar refractivity (Wildman–Crippen MR) is 80.1 cm³/mol. The molecule has 1 saturated heterocycles. The number of carbonyl (C=O) groups is 2. The van der Waals surface area contributed by atoms with Crippen molar-refractivity contribution in [3.05, 3.63) is 29.3 Å². The van der Waals surface area contributed by atoms with Crippen molar-refractivity contribution in [3.8, 4) is 0 Å². The van der Waals surface area contributed by atoms with Crippen molar-refractivity contribution in [3.63, 3.8) is 0 Å². The molecule has 1 unspecified atom stereocenters. The second-order valence-corrected chi connectivity index (χ2v) is 7.55. The molecule has 6 nitrogen and oxygen atoms in total. The number of fused-ring (bicyclic) bond motifs is 1. The van der Waals surface area contributed by atoms with Gasteiger partial charge in [0.25, 0.3) is 11.8 Å². The summed E-state index contributed by atoms with van der Waals surface area (Å²) in [4.78, 5) is 23.3. The maximum Gasteiger partial charge on any atom is 0.258 e. The molecule has 0 radical (unpaired) electrons. The Morgan fingerprint density at radius 1 is 1.18 bits per heavy atom. The van der Waals surface area contributed by atoms with E-state index in [2.05, 4.69) is 5.32 Å². The molecule has 2 amide bonds. The maximum atomic E-state index is 12.9. The summed E-state index contributed by atoms with van der Waals surface area (Å²) in [6.45, 7) is 2.48.